The number of nitrogens with zero attached hydrogens (tertiary/aromatic N) is 1. The van der Waals surface area contributed by atoms with Gasteiger partial charge < -0.3 is 10.1 Å². The number of aryl methyl sites for hydroxylation is 1. The van der Waals surface area contributed by atoms with E-state index in [1.54, 1.807) is 13.1 Å². The standard InChI is InChI=1S/C5H6N2O2.C4H8/c1-3-2-6-4(7-3)5(8)9;1-3-4-2/h2H,1H3,(H,6,7)(H,8,9);3H,1,4H2,2H3. The van der Waals surface area contributed by atoms with Crippen molar-refractivity contribution in [2.45, 2.75) is 20.3 Å². The molecule has 0 fully saturated rings. The van der Waals surface area contributed by atoms with Crippen molar-refractivity contribution < 1.29 is 9.90 Å². The first-order valence-corrected chi connectivity index (χ1v) is 3.98. The van der Waals surface area contributed by atoms with Crippen LogP contribution in [0.15, 0.2) is 18.9 Å². The van der Waals surface area contributed by atoms with Crippen LogP contribution in [0.4, 0.5) is 0 Å². The second-order valence-corrected chi connectivity index (χ2v) is 2.39. The third-order valence-electron chi connectivity index (χ3n) is 1.20. The van der Waals surface area contributed by atoms with Crippen LogP contribution < -0.4 is 0 Å². The van der Waals surface area contributed by atoms with Crippen LogP contribution in [0.25, 0.3) is 0 Å². The molecule has 0 atom stereocenters. The number of nitrogens with one attached hydrogen (secondary N) is 1. The number of allylic oxidation sites excluding steroid dienone is 1. The maximum atomic E-state index is 10.1. The Morgan fingerprint density at radius 3 is 2.54 bits per heavy atom. The van der Waals surface area contributed by atoms with Gasteiger partial charge in [0.25, 0.3) is 0 Å². The van der Waals surface area contributed by atoms with E-state index in [9.17, 15) is 4.79 Å². The van der Waals surface area contributed by atoms with Crippen LogP contribution in [-0.2, 0) is 0 Å². The molecule has 13 heavy (non-hydrogen) atoms. The van der Waals surface area contributed by atoms with Gasteiger partial charge in [-0.3, -0.25) is 0 Å². The Morgan fingerprint density at radius 2 is 2.38 bits per heavy atom. The normalized spacial score (nSPS) is 8.46. The average molecular weight is 182 g/mol. The molecule has 1 aromatic rings. The molecule has 0 aromatic carbocycles. The molecule has 72 valence electrons. The number of aromatic carboxylic acids is 1. The topological polar surface area (TPSA) is 66.0 Å². The van der Waals surface area contributed by atoms with Crippen LogP contribution in [0.3, 0.4) is 0 Å². The number of H-pyrrole nitrogens is 1. The quantitative estimate of drug-likeness (QED) is 0.687. The molecule has 0 bridgehead atoms. The van der Waals surface area contributed by atoms with E-state index in [2.05, 4.69) is 23.5 Å². The summed E-state index contributed by atoms with van der Waals surface area (Å²) < 4.78 is 0. The molecule has 4 heteroatoms. The first kappa shape index (κ1) is 11.4. The van der Waals surface area contributed by atoms with Crippen LogP contribution in [0.1, 0.15) is 29.7 Å². The minimum Gasteiger partial charge on any atom is -0.475 e. The van der Waals surface area contributed by atoms with E-state index in [-0.39, 0.29) is 5.82 Å². The lowest BCUT2D eigenvalue weighted by molar-refractivity contribution is 0.0684. The Kier molecular flexibility index (Phi) is 5.27. The van der Waals surface area contributed by atoms with Crippen LogP contribution in [0.5, 0.6) is 0 Å². The first-order valence-electron chi connectivity index (χ1n) is 3.98. The van der Waals surface area contributed by atoms with Crippen molar-refractivity contribution in [3.05, 3.63) is 30.4 Å². The number of hydrogen-bond acceptors (Lipinski definition) is 2. The summed E-state index contributed by atoms with van der Waals surface area (Å²) >= 11 is 0. The van der Waals surface area contributed by atoms with Gasteiger partial charge in [0.05, 0.1) is 5.69 Å². The van der Waals surface area contributed by atoms with E-state index in [4.69, 9.17) is 5.11 Å². The predicted octanol–water partition coefficient (Wildman–Crippen LogP) is 2.00. The summed E-state index contributed by atoms with van der Waals surface area (Å²) in [6.45, 7) is 7.27. The van der Waals surface area contributed by atoms with Crippen LogP contribution >= 0.6 is 0 Å². The zero-order valence-corrected chi connectivity index (χ0v) is 7.87. The molecular weight excluding hydrogens is 168 g/mol. The van der Waals surface area contributed by atoms with Crippen LogP contribution in [0.2, 0.25) is 0 Å². The Labute approximate surface area is 77.3 Å². The fourth-order valence-corrected chi connectivity index (χ4v) is 0.523. The van der Waals surface area contributed by atoms with Gasteiger partial charge in [0.2, 0.25) is 5.82 Å². The third kappa shape index (κ3) is 4.79. The second-order valence-electron chi connectivity index (χ2n) is 2.39. The lowest BCUT2D eigenvalue weighted by Gasteiger charge is -1.80. The summed E-state index contributed by atoms with van der Waals surface area (Å²) in [5.74, 6) is -1.03. The van der Waals surface area contributed by atoms with E-state index < -0.39 is 5.97 Å². The SMILES string of the molecule is C=CCC.Cc1c[nH]c(C(=O)O)n1. The van der Waals surface area contributed by atoms with Gasteiger partial charge in [0.15, 0.2) is 0 Å². The number of carbonyl (C=O) groups is 1. The molecule has 0 aliphatic heterocycles. The van der Waals surface area contributed by atoms with Gasteiger partial charge in [-0.2, -0.15) is 0 Å². The van der Waals surface area contributed by atoms with Gasteiger partial charge in [0, 0.05) is 6.20 Å². The minimum atomic E-state index is -1.02. The Balaban J connectivity index is 0.000000310. The number of carboxylic acid groups (broad SMARTS) is 1. The van der Waals surface area contributed by atoms with Gasteiger partial charge in [-0.1, -0.05) is 13.0 Å². The van der Waals surface area contributed by atoms with Crippen molar-refractivity contribution in [2.75, 3.05) is 0 Å². The van der Waals surface area contributed by atoms with E-state index >= 15 is 0 Å². The van der Waals surface area contributed by atoms with Gasteiger partial charge >= 0.3 is 5.97 Å². The molecule has 0 aliphatic rings. The molecule has 1 rings (SSSR count). The molecule has 0 amide bonds. The number of rotatable bonds is 2. The van der Waals surface area contributed by atoms with Gasteiger partial charge in [-0.15, -0.1) is 6.58 Å². The van der Waals surface area contributed by atoms with Gasteiger partial charge in [-0.05, 0) is 13.3 Å². The summed E-state index contributed by atoms with van der Waals surface area (Å²) in [6, 6.07) is 0. The summed E-state index contributed by atoms with van der Waals surface area (Å²) in [6.07, 6.45) is 4.50. The van der Waals surface area contributed by atoms with E-state index in [1.807, 2.05) is 6.08 Å². The van der Waals surface area contributed by atoms with Crippen molar-refractivity contribution in [1.82, 2.24) is 9.97 Å². The van der Waals surface area contributed by atoms with Crippen molar-refractivity contribution in [3.63, 3.8) is 0 Å². The highest BCUT2D eigenvalue weighted by Crippen LogP contribution is 1.92. The van der Waals surface area contributed by atoms with E-state index in [0.29, 0.717) is 5.69 Å². The zero-order valence-electron chi connectivity index (χ0n) is 7.87. The summed E-state index contributed by atoms with van der Waals surface area (Å²) in [5, 5.41) is 8.30. The van der Waals surface area contributed by atoms with E-state index in [0.717, 1.165) is 6.42 Å². The largest absolute Gasteiger partial charge is 0.475 e. The smallest absolute Gasteiger partial charge is 0.371 e. The average Bonchev–Trinajstić information content (AvgIpc) is 2.52. The van der Waals surface area contributed by atoms with E-state index in [1.165, 1.54) is 0 Å². The van der Waals surface area contributed by atoms with Crippen LogP contribution in [0, 0.1) is 6.92 Å². The van der Waals surface area contributed by atoms with Crippen molar-refractivity contribution in [2.24, 2.45) is 0 Å². The summed E-state index contributed by atoms with van der Waals surface area (Å²) in [5.41, 5.74) is 0.687. The highest BCUT2D eigenvalue weighted by atomic mass is 16.4. The van der Waals surface area contributed by atoms with Crippen molar-refractivity contribution in [1.29, 1.82) is 0 Å². The molecule has 2 N–H and O–H groups in total. The number of carboxylic acids is 1. The predicted molar refractivity (Wildman–Crippen MR) is 50.8 cm³/mol. The summed E-state index contributed by atoms with van der Waals surface area (Å²) in [7, 11) is 0. The number of hydrogen-bond donors (Lipinski definition) is 2. The maximum Gasteiger partial charge on any atom is 0.371 e. The fourth-order valence-electron chi connectivity index (χ4n) is 0.523. The number of aromatic amines is 1. The van der Waals surface area contributed by atoms with Crippen molar-refractivity contribution >= 4 is 5.97 Å². The minimum absolute atomic E-state index is 0.00694. The van der Waals surface area contributed by atoms with Crippen LogP contribution in [-0.4, -0.2) is 21.0 Å². The Bertz CT molecular complexity index is 279. The summed E-state index contributed by atoms with van der Waals surface area (Å²) in [4.78, 5) is 16.3. The lowest BCUT2D eigenvalue weighted by atomic mass is 10.5. The zero-order chi connectivity index (χ0) is 10.3. The molecular formula is C9H14N2O2. The molecule has 0 unspecified atom stereocenters. The molecule has 0 saturated carbocycles. The maximum absolute atomic E-state index is 10.1. The molecule has 0 saturated heterocycles. The molecule has 1 aromatic heterocycles. The molecule has 0 radical (unpaired) electrons. The third-order valence-corrected chi connectivity index (χ3v) is 1.20. The second kappa shape index (κ2) is 5.99. The molecule has 0 spiro atoms. The number of aromatic nitrogens is 2. The Morgan fingerprint density at radius 1 is 1.85 bits per heavy atom. The highest BCUT2D eigenvalue weighted by molar-refractivity contribution is 5.83. The lowest BCUT2D eigenvalue weighted by Crippen LogP contribution is -1.97. The molecule has 0 aliphatic carbocycles. The fraction of sp³-hybridized carbons (Fsp3) is 0.333. The first-order chi connectivity index (χ1) is 6.11. The highest BCUT2D eigenvalue weighted by Gasteiger charge is 2.03. The van der Waals surface area contributed by atoms with Crippen molar-refractivity contribution in [3.8, 4) is 0 Å². The number of imidazole rings is 1. The van der Waals surface area contributed by atoms with Gasteiger partial charge in [-0.25, -0.2) is 9.78 Å². The molecule has 4 nitrogen and oxygen atoms in total. The van der Waals surface area contributed by atoms with Gasteiger partial charge in [0.1, 0.15) is 0 Å². The molecule has 1 heterocycles. The Hall–Kier alpha value is -1.58. The monoisotopic (exact) mass is 182 g/mol.